The molecule has 0 saturated carbocycles. The Balaban J connectivity index is 1.69. The number of carbonyl (C=O) groups is 1. The lowest BCUT2D eigenvalue weighted by Gasteiger charge is -2.10. The van der Waals surface area contributed by atoms with E-state index in [2.05, 4.69) is 29.6 Å². The highest BCUT2D eigenvalue weighted by atomic mass is 16.5. The molecule has 28 heavy (non-hydrogen) atoms. The summed E-state index contributed by atoms with van der Waals surface area (Å²) in [5, 5.41) is 4.15. The largest absolute Gasteiger partial charge is 0.488 e. The number of hydrogen-bond donors (Lipinski definition) is 1. The molecule has 3 aromatic carbocycles. The fraction of sp³-hybridized carbons (Fsp3) is 0.167. The van der Waals surface area contributed by atoms with E-state index in [9.17, 15) is 4.79 Å². The molecule has 0 unspecified atom stereocenters. The van der Waals surface area contributed by atoms with Gasteiger partial charge in [0.2, 0.25) is 0 Å². The molecular formula is C24H24N2O2. The van der Waals surface area contributed by atoms with Crippen molar-refractivity contribution in [1.82, 2.24) is 5.43 Å². The molecule has 0 aliphatic rings. The first-order valence-corrected chi connectivity index (χ1v) is 9.21. The Bertz CT molecular complexity index is 971. The Morgan fingerprint density at radius 2 is 1.61 bits per heavy atom. The maximum absolute atomic E-state index is 12.6. The molecule has 1 N–H and O–H groups in total. The van der Waals surface area contributed by atoms with Crippen molar-refractivity contribution in [2.45, 2.75) is 27.4 Å². The Hall–Kier alpha value is -3.40. The number of para-hydroxylation sites is 1. The quantitative estimate of drug-likeness (QED) is 0.491. The molecule has 1 amide bonds. The maximum atomic E-state index is 12.6. The van der Waals surface area contributed by atoms with Crippen LogP contribution in [0.1, 0.15) is 38.2 Å². The number of hydrogen-bond acceptors (Lipinski definition) is 3. The summed E-state index contributed by atoms with van der Waals surface area (Å²) in [7, 11) is 0. The predicted molar refractivity (Wildman–Crippen MR) is 113 cm³/mol. The van der Waals surface area contributed by atoms with Crippen molar-refractivity contribution >= 4 is 12.1 Å². The zero-order valence-corrected chi connectivity index (χ0v) is 16.4. The zero-order valence-electron chi connectivity index (χ0n) is 16.4. The van der Waals surface area contributed by atoms with Crippen LogP contribution in [0.15, 0.2) is 71.8 Å². The first-order valence-electron chi connectivity index (χ1n) is 9.21. The second-order valence-corrected chi connectivity index (χ2v) is 6.78. The van der Waals surface area contributed by atoms with Crippen LogP contribution in [0.5, 0.6) is 5.75 Å². The van der Waals surface area contributed by atoms with Gasteiger partial charge < -0.3 is 4.74 Å². The molecule has 0 fully saturated rings. The molecule has 0 saturated heterocycles. The molecular weight excluding hydrogens is 348 g/mol. The first-order chi connectivity index (χ1) is 13.5. The van der Waals surface area contributed by atoms with Gasteiger partial charge in [-0.2, -0.15) is 5.10 Å². The molecule has 4 heteroatoms. The minimum Gasteiger partial charge on any atom is -0.488 e. The van der Waals surface area contributed by atoms with E-state index < -0.39 is 0 Å². The van der Waals surface area contributed by atoms with Crippen molar-refractivity contribution in [3.05, 3.63) is 100 Å². The number of carbonyl (C=O) groups excluding carboxylic acids is 1. The highest BCUT2D eigenvalue weighted by molar-refractivity contribution is 5.97. The molecule has 3 aromatic rings. The number of aryl methyl sites for hydroxylation is 3. The third kappa shape index (κ3) is 4.86. The van der Waals surface area contributed by atoms with Crippen LogP contribution in [0.2, 0.25) is 0 Å². The summed E-state index contributed by atoms with van der Waals surface area (Å²) in [5.41, 5.74) is 8.58. The average Bonchev–Trinajstić information content (AvgIpc) is 2.69. The lowest BCUT2D eigenvalue weighted by molar-refractivity contribution is 0.0950. The number of ether oxygens (including phenoxy) is 1. The van der Waals surface area contributed by atoms with Gasteiger partial charge in [0.25, 0.3) is 5.91 Å². The minimum atomic E-state index is -0.303. The topological polar surface area (TPSA) is 50.7 Å². The summed E-state index contributed by atoms with van der Waals surface area (Å²) in [6.07, 6.45) is 1.69. The van der Waals surface area contributed by atoms with Gasteiger partial charge in [0, 0.05) is 5.56 Å². The van der Waals surface area contributed by atoms with Crippen molar-refractivity contribution in [3.63, 3.8) is 0 Å². The van der Waals surface area contributed by atoms with Crippen LogP contribution in [0.3, 0.4) is 0 Å². The van der Waals surface area contributed by atoms with Gasteiger partial charge in [-0.1, -0.05) is 60.2 Å². The van der Waals surface area contributed by atoms with Gasteiger partial charge in [-0.05, 0) is 49.6 Å². The van der Waals surface area contributed by atoms with Crippen molar-refractivity contribution in [2.24, 2.45) is 5.10 Å². The molecule has 0 aliphatic heterocycles. The third-order valence-corrected chi connectivity index (χ3v) is 4.47. The van der Waals surface area contributed by atoms with Crippen molar-refractivity contribution in [3.8, 4) is 5.75 Å². The zero-order chi connectivity index (χ0) is 19.9. The fourth-order valence-corrected chi connectivity index (χ4v) is 3.13. The average molecular weight is 372 g/mol. The van der Waals surface area contributed by atoms with Gasteiger partial charge in [-0.3, -0.25) is 4.79 Å². The lowest BCUT2D eigenvalue weighted by Crippen LogP contribution is -2.19. The monoisotopic (exact) mass is 372 g/mol. The van der Waals surface area contributed by atoms with E-state index in [1.54, 1.807) is 18.3 Å². The first kappa shape index (κ1) is 19.4. The molecule has 0 spiro atoms. The molecule has 142 valence electrons. The van der Waals surface area contributed by atoms with Crippen molar-refractivity contribution in [1.29, 1.82) is 0 Å². The summed E-state index contributed by atoms with van der Waals surface area (Å²) < 4.78 is 5.85. The fourth-order valence-electron chi connectivity index (χ4n) is 3.13. The maximum Gasteiger partial charge on any atom is 0.275 e. The smallest absolute Gasteiger partial charge is 0.275 e. The highest BCUT2D eigenvalue weighted by Gasteiger charge is 2.11. The molecule has 0 aromatic heterocycles. The number of amides is 1. The second-order valence-electron chi connectivity index (χ2n) is 6.78. The molecule has 4 nitrogen and oxygen atoms in total. The number of hydrazone groups is 1. The Kier molecular flexibility index (Phi) is 6.22. The molecule has 0 heterocycles. The summed E-state index contributed by atoms with van der Waals surface area (Å²) in [4.78, 5) is 12.6. The van der Waals surface area contributed by atoms with E-state index in [0.29, 0.717) is 17.9 Å². The number of benzene rings is 3. The molecule has 0 aliphatic carbocycles. The van der Waals surface area contributed by atoms with E-state index in [1.807, 2.05) is 56.3 Å². The van der Waals surface area contributed by atoms with Gasteiger partial charge in [-0.15, -0.1) is 0 Å². The van der Waals surface area contributed by atoms with Crippen molar-refractivity contribution in [2.75, 3.05) is 0 Å². The Morgan fingerprint density at radius 3 is 2.32 bits per heavy atom. The summed E-state index contributed by atoms with van der Waals surface area (Å²) >= 11 is 0. The van der Waals surface area contributed by atoms with Crippen molar-refractivity contribution < 1.29 is 9.53 Å². The van der Waals surface area contributed by atoms with E-state index >= 15 is 0 Å². The van der Waals surface area contributed by atoms with Gasteiger partial charge in [-0.25, -0.2) is 5.43 Å². The minimum absolute atomic E-state index is 0.303. The van der Waals surface area contributed by atoms with Gasteiger partial charge >= 0.3 is 0 Å². The van der Waals surface area contributed by atoms with E-state index in [4.69, 9.17) is 4.74 Å². The van der Waals surface area contributed by atoms with E-state index in [0.717, 1.165) is 22.3 Å². The summed E-state index contributed by atoms with van der Waals surface area (Å²) in [6, 6.07) is 21.2. The van der Waals surface area contributed by atoms with Crippen LogP contribution < -0.4 is 10.2 Å². The molecule has 0 bridgehead atoms. The van der Waals surface area contributed by atoms with Crippen LogP contribution in [-0.4, -0.2) is 12.1 Å². The Morgan fingerprint density at radius 1 is 0.964 bits per heavy atom. The van der Waals surface area contributed by atoms with Gasteiger partial charge in [0.1, 0.15) is 12.4 Å². The molecule has 0 atom stereocenters. The second kappa shape index (κ2) is 9.00. The Labute approximate surface area is 165 Å². The third-order valence-electron chi connectivity index (χ3n) is 4.47. The van der Waals surface area contributed by atoms with Crippen LogP contribution in [0, 0.1) is 20.8 Å². The van der Waals surface area contributed by atoms with Gasteiger partial charge in [0.15, 0.2) is 0 Å². The van der Waals surface area contributed by atoms with Crippen LogP contribution >= 0.6 is 0 Å². The number of nitrogens with zero attached hydrogens (tertiary/aromatic N) is 1. The summed E-state index contributed by atoms with van der Waals surface area (Å²) in [5.74, 6) is 0.226. The summed E-state index contributed by atoms with van der Waals surface area (Å²) in [6.45, 7) is 6.54. The predicted octanol–water partition coefficient (Wildman–Crippen LogP) is 4.95. The van der Waals surface area contributed by atoms with Crippen LogP contribution in [0.4, 0.5) is 0 Å². The molecule has 3 rings (SSSR count). The van der Waals surface area contributed by atoms with Gasteiger partial charge in [0.05, 0.1) is 11.8 Å². The SMILES string of the molecule is Cc1cc(C)c(/C=N/NC(=O)c2ccccc2OCc2ccccc2)c(C)c1. The normalized spacial score (nSPS) is 10.8. The molecule has 0 radical (unpaired) electrons. The van der Waals surface area contributed by atoms with Crippen LogP contribution in [0.25, 0.3) is 0 Å². The van der Waals surface area contributed by atoms with E-state index in [1.165, 1.54) is 5.56 Å². The lowest BCUT2D eigenvalue weighted by atomic mass is 10.0. The number of rotatable bonds is 6. The standard InChI is InChI=1S/C24H24N2O2/c1-17-13-18(2)22(19(3)14-17)15-25-26-24(27)21-11-7-8-12-23(21)28-16-20-9-5-4-6-10-20/h4-15H,16H2,1-3H3,(H,26,27)/b25-15+. The number of nitrogens with one attached hydrogen (secondary N) is 1. The van der Waals surface area contributed by atoms with Crippen LogP contribution in [-0.2, 0) is 6.61 Å². The van der Waals surface area contributed by atoms with E-state index in [-0.39, 0.29) is 5.91 Å². The highest BCUT2D eigenvalue weighted by Crippen LogP contribution is 2.19.